The molecule has 0 unspecified atom stereocenters. The highest BCUT2D eigenvalue weighted by molar-refractivity contribution is 7.78. The fourth-order valence-electron chi connectivity index (χ4n) is 0.370. The van der Waals surface area contributed by atoms with Crippen LogP contribution in [0.15, 0.2) is 11.8 Å². The van der Waals surface area contributed by atoms with E-state index >= 15 is 0 Å². The predicted molar refractivity (Wildman–Crippen MR) is 42.6 cm³/mol. The molecular weight excluding hydrogens is 150 g/mol. The summed E-state index contributed by atoms with van der Waals surface area (Å²) >= 11 is 4.49. The maximum absolute atomic E-state index is 10.5. The molecule has 1 N–H and O–H groups in total. The summed E-state index contributed by atoms with van der Waals surface area (Å²) in [7, 11) is 1.32. The SMILES string of the molecule is COC(=O)/C=C(/C)NC=S. The van der Waals surface area contributed by atoms with Gasteiger partial charge in [-0.1, -0.05) is 12.2 Å². The molecular formula is C6H9NO2S. The minimum atomic E-state index is -0.387. The molecule has 0 aromatic rings. The standard InChI is InChI=1S/C6H9NO2S/c1-5(7-4-10)3-6(8)9-2/h3-4H,1-2H3,(H,7,10)/b5-3-. The third-order valence-corrected chi connectivity index (χ3v) is 0.940. The Morgan fingerprint density at radius 1 is 1.70 bits per heavy atom. The van der Waals surface area contributed by atoms with Crippen LogP contribution < -0.4 is 5.32 Å². The highest BCUT2D eigenvalue weighted by Gasteiger charge is 1.92. The highest BCUT2D eigenvalue weighted by atomic mass is 32.1. The van der Waals surface area contributed by atoms with Gasteiger partial charge in [-0.3, -0.25) is 0 Å². The van der Waals surface area contributed by atoms with Gasteiger partial charge in [0, 0.05) is 11.8 Å². The summed E-state index contributed by atoms with van der Waals surface area (Å²) in [4.78, 5) is 10.5. The first-order valence-corrected chi connectivity index (χ1v) is 3.14. The van der Waals surface area contributed by atoms with Crippen molar-refractivity contribution < 1.29 is 9.53 Å². The van der Waals surface area contributed by atoms with Crippen molar-refractivity contribution in [2.75, 3.05) is 7.11 Å². The summed E-state index contributed by atoms with van der Waals surface area (Å²) in [5, 5.41) is 2.66. The average molecular weight is 159 g/mol. The van der Waals surface area contributed by atoms with Crippen molar-refractivity contribution in [2.24, 2.45) is 0 Å². The van der Waals surface area contributed by atoms with Crippen LogP contribution in [-0.4, -0.2) is 18.6 Å². The summed E-state index contributed by atoms with van der Waals surface area (Å²) in [6, 6.07) is 0. The lowest BCUT2D eigenvalue weighted by Crippen LogP contribution is -2.08. The van der Waals surface area contributed by atoms with E-state index in [1.54, 1.807) is 6.92 Å². The Kier molecular flexibility index (Phi) is 4.49. The molecule has 0 rings (SSSR count). The lowest BCUT2D eigenvalue weighted by Gasteiger charge is -1.96. The van der Waals surface area contributed by atoms with Crippen LogP contribution in [0.3, 0.4) is 0 Å². The van der Waals surface area contributed by atoms with E-state index in [1.807, 2.05) is 0 Å². The van der Waals surface area contributed by atoms with Gasteiger partial charge in [-0.25, -0.2) is 4.79 Å². The molecule has 0 saturated carbocycles. The molecule has 10 heavy (non-hydrogen) atoms. The Morgan fingerprint density at radius 3 is 2.70 bits per heavy atom. The number of ether oxygens (including phenoxy) is 1. The molecule has 0 aliphatic carbocycles. The van der Waals surface area contributed by atoms with Gasteiger partial charge in [0.1, 0.15) is 0 Å². The minimum absolute atomic E-state index is 0.387. The molecule has 0 atom stereocenters. The number of hydrogen-bond acceptors (Lipinski definition) is 3. The van der Waals surface area contributed by atoms with E-state index in [0.29, 0.717) is 5.70 Å². The third-order valence-electron chi connectivity index (χ3n) is 0.822. The molecule has 0 heterocycles. The molecule has 0 saturated heterocycles. The first-order chi connectivity index (χ1) is 4.70. The molecule has 0 amide bonds. The summed E-state index contributed by atoms with van der Waals surface area (Å²) in [5.74, 6) is -0.387. The van der Waals surface area contributed by atoms with Crippen LogP contribution in [0, 0.1) is 0 Å². The second-order valence-electron chi connectivity index (χ2n) is 1.61. The summed E-state index contributed by atoms with van der Waals surface area (Å²) < 4.78 is 4.36. The van der Waals surface area contributed by atoms with E-state index < -0.39 is 0 Å². The van der Waals surface area contributed by atoms with E-state index in [0.717, 1.165) is 0 Å². The van der Waals surface area contributed by atoms with Gasteiger partial charge in [0.05, 0.1) is 12.6 Å². The van der Waals surface area contributed by atoms with Gasteiger partial charge in [-0.2, -0.15) is 0 Å². The van der Waals surface area contributed by atoms with E-state index in [9.17, 15) is 4.79 Å². The van der Waals surface area contributed by atoms with Crippen molar-refractivity contribution in [3.8, 4) is 0 Å². The van der Waals surface area contributed by atoms with Gasteiger partial charge in [-0.05, 0) is 6.92 Å². The van der Waals surface area contributed by atoms with Crippen LogP contribution in [-0.2, 0) is 9.53 Å². The van der Waals surface area contributed by atoms with Crippen molar-refractivity contribution in [1.82, 2.24) is 5.32 Å². The smallest absolute Gasteiger partial charge is 0.332 e. The minimum Gasteiger partial charge on any atom is -0.466 e. The lowest BCUT2D eigenvalue weighted by atomic mass is 10.4. The molecule has 0 aliphatic heterocycles. The number of rotatable bonds is 3. The molecule has 4 heteroatoms. The largest absolute Gasteiger partial charge is 0.466 e. The summed E-state index contributed by atoms with van der Waals surface area (Å²) in [6.45, 7) is 1.72. The number of nitrogens with one attached hydrogen (secondary N) is 1. The number of thiocarbonyl (C=S) groups is 1. The Bertz CT molecular complexity index is 165. The van der Waals surface area contributed by atoms with Crippen LogP contribution in [0.1, 0.15) is 6.92 Å². The number of hydrogen-bond donors (Lipinski definition) is 1. The predicted octanol–water partition coefficient (Wildman–Crippen LogP) is 0.610. The van der Waals surface area contributed by atoms with Gasteiger partial charge in [0.25, 0.3) is 0 Å². The van der Waals surface area contributed by atoms with Gasteiger partial charge < -0.3 is 10.1 Å². The summed E-state index contributed by atoms with van der Waals surface area (Å²) in [6.07, 6.45) is 1.32. The Morgan fingerprint density at radius 2 is 2.30 bits per heavy atom. The van der Waals surface area contributed by atoms with Crippen LogP contribution in [0.4, 0.5) is 0 Å². The van der Waals surface area contributed by atoms with Crippen LogP contribution in [0.2, 0.25) is 0 Å². The van der Waals surface area contributed by atoms with E-state index in [-0.39, 0.29) is 5.97 Å². The topological polar surface area (TPSA) is 38.3 Å². The molecule has 0 bridgehead atoms. The zero-order chi connectivity index (χ0) is 7.98. The maximum Gasteiger partial charge on any atom is 0.332 e. The zero-order valence-corrected chi connectivity index (χ0v) is 6.70. The monoisotopic (exact) mass is 159 g/mol. The van der Waals surface area contributed by atoms with Crippen molar-refractivity contribution in [1.29, 1.82) is 0 Å². The zero-order valence-electron chi connectivity index (χ0n) is 5.88. The molecule has 0 aromatic carbocycles. The molecule has 3 nitrogen and oxygen atoms in total. The highest BCUT2D eigenvalue weighted by Crippen LogP contribution is 1.85. The van der Waals surface area contributed by atoms with E-state index in [1.165, 1.54) is 18.7 Å². The number of carbonyl (C=O) groups excluding carboxylic acids is 1. The maximum atomic E-state index is 10.5. The van der Waals surface area contributed by atoms with Gasteiger partial charge in [-0.15, -0.1) is 0 Å². The lowest BCUT2D eigenvalue weighted by molar-refractivity contribution is -0.134. The first kappa shape index (κ1) is 9.10. The molecule has 56 valence electrons. The number of methoxy groups -OCH3 is 1. The molecule has 0 radical (unpaired) electrons. The molecule has 0 aromatic heterocycles. The fraction of sp³-hybridized carbons (Fsp3) is 0.333. The van der Waals surface area contributed by atoms with Gasteiger partial charge in [0.15, 0.2) is 0 Å². The van der Waals surface area contributed by atoms with E-state index in [4.69, 9.17) is 0 Å². The van der Waals surface area contributed by atoms with Gasteiger partial charge in [0.2, 0.25) is 0 Å². The van der Waals surface area contributed by atoms with Crippen LogP contribution >= 0.6 is 12.2 Å². The average Bonchev–Trinajstić information content (AvgIpc) is 1.88. The van der Waals surface area contributed by atoms with Crippen LogP contribution in [0.5, 0.6) is 0 Å². The van der Waals surface area contributed by atoms with Gasteiger partial charge >= 0.3 is 5.97 Å². The number of carbonyl (C=O) groups is 1. The second-order valence-corrected chi connectivity index (χ2v) is 1.85. The third kappa shape index (κ3) is 4.03. The van der Waals surface area contributed by atoms with Crippen molar-refractivity contribution in [3.05, 3.63) is 11.8 Å². The fourth-order valence-corrected chi connectivity index (χ4v) is 0.556. The van der Waals surface area contributed by atoms with Crippen molar-refractivity contribution in [3.63, 3.8) is 0 Å². The first-order valence-electron chi connectivity index (χ1n) is 2.67. The van der Waals surface area contributed by atoms with Crippen molar-refractivity contribution in [2.45, 2.75) is 6.92 Å². The second kappa shape index (κ2) is 4.93. The number of esters is 1. The molecule has 0 aliphatic rings. The Hall–Kier alpha value is -0.900. The molecule has 0 fully saturated rings. The van der Waals surface area contributed by atoms with E-state index in [2.05, 4.69) is 22.3 Å². The normalized spacial score (nSPS) is 10.4. The Balaban J connectivity index is 3.88. The number of allylic oxidation sites excluding steroid dienone is 1. The van der Waals surface area contributed by atoms with Crippen molar-refractivity contribution >= 4 is 23.7 Å². The molecule has 0 spiro atoms. The summed E-state index contributed by atoms with van der Waals surface area (Å²) in [5.41, 5.74) is 2.00. The Labute approximate surface area is 65.1 Å². The quantitative estimate of drug-likeness (QED) is 0.372. The van der Waals surface area contributed by atoms with Crippen LogP contribution in [0.25, 0.3) is 0 Å².